The molecule has 6 nitrogen and oxygen atoms in total. The summed E-state index contributed by atoms with van der Waals surface area (Å²) in [5.41, 5.74) is 0. The quantitative estimate of drug-likeness (QED) is 0.354. The Hall–Kier alpha value is -1.87. The second-order valence-corrected chi connectivity index (χ2v) is 15.2. The molecule has 3 N–H and O–H groups in total. The third-order valence-electron chi connectivity index (χ3n) is 7.25. The van der Waals surface area contributed by atoms with Gasteiger partial charge < -0.3 is 24.5 Å². The van der Waals surface area contributed by atoms with E-state index in [-0.39, 0.29) is 24.0 Å². The molecule has 2 aromatic rings. The highest BCUT2D eigenvalue weighted by molar-refractivity contribution is 6.99. The molecule has 0 spiro atoms. The Bertz CT molecular complexity index is 890. The molecule has 7 heteroatoms. The Balaban J connectivity index is 2.35. The molecule has 0 aliphatic rings. The number of carbonyl (C=O) groups is 1. The van der Waals surface area contributed by atoms with Crippen LogP contribution in [0.5, 0.6) is 0 Å². The molecule has 0 amide bonds. The number of hydrogen-bond acceptors (Lipinski definition) is 6. The molecule has 2 aromatic carbocycles. The van der Waals surface area contributed by atoms with E-state index in [2.05, 4.69) is 45.0 Å². The maximum atomic E-state index is 13.4. The van der Waals surface area contributed by atoms with Gasteiger partial charge in [0.05, 0.1) is 12.2 Å². The Kier molecular flexibility index (Phi) is 11.0. The van der Waals surface area contributed by atoms with Gasteiger partial charge in [0.1, 0.15) is 6.10 Å². The Labute approximate surface area is 217 Å². The Morgan fingerprint density at radius 3 is 1.75 bits per heavy atom. The molecule has 0 radical (unpaired) electrons. The minimum Gasteiger partial charge on any atom is -0.407 e. The molecule has 2 rings (SSSR count). The van der Waals surface area contributed by atoms with Gasteiger partial charge in [-0.15, -0.1) is 0 Å². The fourth-order valence-corrected chi connectivity index (χ4v) is 9.56. The highest BCUT2D eigenvalue weighted by Crippen LogP contribution is 2.37. The van der Waals surface area contributed by atoms with E-state index in [9.17, 15) is 20.1 Å². The maximum absolute atomic E-state index is 13.4. The summed E-state index contributed by atoms with van der Waals surface area (Å²) in [6.07, 6.45) is -3.31. The maximum Gasteiger partial charge on any atom is 0.261 e. The SMILES string of the molecule is CO[C@@H](C(=O)[C@H](C)CO[Si](c1ccccc1)(c1ccccc1)C(C)(C)C)[C@@H](O)[C@H](C)[C@@H](O)[C@@H](C)CO. The summed E-state index contributed by atoms with van der Waals surface area (Å²) < 4.78 is 12.3. The lowest BCUT2D eigenvalue weighted by Crippen LogP contribution is -2.67. The summed E-state index contributed by atoms with van der Waals surface area (Å²) in [6.45, 7) is 11.6. The van der Waals surface area contributed by atoms with Crippen molar-refractivity contribution in [1.29, 1.82) is 0 Å². The molecule has 0 fully saturated rings. The first kappa shape index (κ1) is 30.4. The third-order valence-corrected chi connectivity index (χ3v) is 12.3. The molecular formula is C29H44O6Si. The fraction of sp³-hybridized carbons (Fsp3) is 0.552. The highest BCUT2D eigenvalue weighted by atomic mass is 28.4. The molecule has 0 unspecified atom stereocenters. The van der Waals surface area contributed by atoms with Crippen molar-refractivity contribution in [2.75, 3.05) is 20.3 Å². The van der Waals surface area contributed by atoms with Gasteiger partial charge in [-0.1, -0.05) is 102 Å². The monoisotopic (exact) mass is 516 g/mol. The van der Waals surface area contributed by atoms with Crippen LogP contribution < -0.4 is 10.4 Å². The number of methoxy groups -OCH3 is 1. The van der Waals surface area contributed by atoms with Crippen LogP contribution in [0.2, 0.25) is 5.04 Å². The first-order valence-corrected chi connectivity index (χ1v) is 14.6. The van der Waals surface area contributed by atoms with E-state index >= 15 is 0 Å². The summed E-state index contributed by atoms with van der Waals surface area (Å²) in [4.78, 5) is 13.4. The fourth-order valence-electron chi connectivity index (χ4n) is 4.90. The lowest BCUT2D eigenvalue weighted by atomic mass is 9.85. The van der Waals surface area contributed by atoms with Gasteiger partial charge in [-0.2, -0.15) is 0 Å². The number of ketones is 1. The van der Waals surface area contributed by atoms with E-state index in [1.54, 1.807) is 20.8 Å². The zero-order valence-corrected chi connectivity index (χ0v) is 23.7. The smallest absolute Gasteiger partial charge is 0.261 e. The average molecular weight is 517 g/mol. The van der Waals surface area contributed by atoms with Crippen LogP contribution >= 0.6 is 0 Å². The van der Waals surface area contributed by atoms with Crippen LogP contribution in [-0.2, 0) is 14.0 Å². The van der Waals surface area contributed by atoms with Crippen LogP contribution in [0.1, 0.15) is 41.5 Å². The molecular weight excluding hydrogens is 472 g/mol. The van der Waals surface area contributed by atoms with E-state index in [0.717, 1.165) is 10.4 Å². The molecule has 0 saturated heterocycles. The van der Waals surface area contributed by atoms with Gasteiger partial charge in [-0.3, -0.25) is 4.79 Å². The molecule has 36 heavy (non-hydrogen) atoms. The van der Waals surface area contributed by atoms with E-state index in [0.29, 0.717) is 0 Å². The summed E-state index contributed by atoms with van der Waals surface area (Å²) >= 11 is 0. The number of ether oxygens (including phenoxy) is 1. The zero-order valence-electron chi connectivity index (χ0n) is 22.7. The summed E-state index contributed by atoms with van der Waals surface area (Å²) in [6, 6.07) is 20.4. The first-order valence-electron chi connectivity index (χ1n) is 12.7. The van der Waals surface area contributed by atoms with Gasteiger partial charge in [0.2, 0.25) is 0 Å². The lowest BCUT2D eigenvalue weighted by molar-refractivity contribution is -0.146. The second-order valence-electron chi connectivity index (χ2n) is 10.9. The normalized spacial score (nSPS) is 17.6. The molecule has 6 atom stereocenters. The van der Waals surface area contributed by atoms with Crippen LogP contribution in [0, 0.1) is 17.8 Å². The van der Waals surface area contributed by atoms with Gasteiger partial charge in [-0.05, 0) is 15.4 Å². The number of carbonyl (C=O) groups excluding carboxylic acids is 1. The topological polar surface area (TPSA) is 96.2 Å². The number of aliphatic hydroxyl groups excluding tert-OH is 3. The molecule has 0 aromatic heterocycles. The number of rotatable bonds is 13. The van der Waals surface area contributed by atoms with Crippen molar-refractivity contribution in [3.8, 4) is 0 Å². The predicted octanol–water partition coefficient (Wildman–Crippen LogP) is 2.77. The average Bonchev–Trinajstić information content (AvgIpc) is 2.88. The minimum atomic E-state index is -2.81. The van der Waals surface area contributed by atoms with Gasteiger partial charge in [0.25, 0.3) is 8.32 Å². The molecule has 0 aliphatic heterocycles. The largest absolute Gasteiger partial charge is 0.407 e. The Morgan fingerprint density at radius 2 is 1.36 bits per heavy atom. The van der Waals surface area contributed by atoms with Crippen LogP contribution in [0.4, 0.5) is 0 Å². The van der Waals surface area contributed by atoms with Crippen LogP contribution in [0.15, 0.2) is 60.7 Å². The second kappa shape index (κ2) is 13.1. The highest BCUT2D eigenvalue weighted by Gasteiger charge is 2.50. The molecule has 200 valence electrons. The minimum absolute atomic E-state index is 0.169. The zero-order chi connectivity index (χ0) is 27.1. The van der Waals surface area contributed by atoms with Crippen molar-refractivity contribution < 1.29 is 29.3 Å². The summed E-state index contributed by atoms with van der Waals surface area (Å²) in [5.74, 6) is -1.92. The van der Waals surface area contributed by atoms with Crippen molar-refractivity contribution in [2.45, 2.75) is 64.9 Å². The number of hydrogen-bond donors (Lipinski definition) is 3. The van der Waals surface area contributed by atoms with Crippen molar-refractivity contribution in [2.24, 2.45) is 17.8 Å². The Morgan fingerprint density at radius 1 is 0.889 bits per heavy atom. The standard InChI is InChI=1S/C29H44O6Si/c1-20(18-30)25(31)22(3)27(33)28(34-7)26(32)21(2)19-35-36(29(4,5)6,23-14-10-8-11-15-23)24-16-12-9-13-17-24/h8-17,20-22,25,27-28,30-31,33H,18-19H2,1-7H3/t20-,21+,22+,25-,27-,28-/m0/s1. The lowest BCUT2D eigenvalue weighted by Gasteiger charge is -2.43. The first-order chi connectivity index (χ1) is 16.9. The van der Waals surface area contributed by atoms with Gasteiger partial charge in [0.15, 0.2) is 5.78 Å². The van der Waals surface area contributed by atoms with E-state index < -0.39 is 44.4 Å². The molecule has 0 heterocycles. The molecule has 0 saturated carbocycles. The van der Waals surface area contributed by atoms with Gasteiger partial charge in [-0.25, -0.2) is 0 Å². The molecule has 0 bridgehead atoms. The van der Waals surface area contributed by atoms with Crippen molar-refractivity contribution in [3.05, 3.63) is 60.7 Å². The summed E-state index contributed by atoms with van der Waals surface area (Å²) in [7, 11) is -1.43. The number of aliphatic hydroxyl groups is 3. The van der Waals surface area contributed by atoms with Crippen LogP contribution in [0.3, 0.4) is 0 Å². The van der Waals surface area contributed by atoms with Crippen molar-refractivity contribution in [1.82, 2.24) is 0 Å². The third kappa shape index (κ3) is 6.51. The predicted molar refractivity (Wildman–Crippen MR) is 146 cm³/mol. The number of benzene rings is 2. The summed E-state index contributed by atoms with van der Waals surface area (Å²) in [5, 5.41) is 32.8. The van der Waals surface area contributed by atoms with E-state index in [1.165, 1.54) is 7.11 Å². The van der Waals surface area contributed by atoms with Gasteiger partial charge in [0, 0.05) is 38.1 Å². The van der Waals surface area contributed by atoms with Gasteiger partial charge >= 0.3 is 0 Å². The van der Waals surface area contributed by atoms with Crippen molar-refractivity contribution >= 4 is 24.5 Å². The molecule has 0 aliphatic carbocycles. The van der Waals surface area contributed by atoms with Crippen molar-refractivity contribution in [3.63, 3.8) is 0 Å². The van der Waals surface area contributed by atoms with Crippen LogP contribution in [-0.4, -0.2) is 68.1 Å². The number of Topliss-reactive ketones (excluding diaryl/α,β-unsaturated/α-hetero) is 1. The van der Waals surface area contributed by atoms with E-state index in [1.807, 2.05) is 36.4 Å². The van der Waals surface area contributed by atoms with E-state index in [4.69, 9.17) is 9.16 Å². The van der Waals surface area contributed by atoms with Crippen LogP contribution in [0.25, 0.3) is 0 Å².